The lowest BCUT2D eigenvalue weighted by Crippen LogP contribution is -2.02. The maximum atomic E-state index is 12.2. The van der Waals surface area contributed by atoms with Crippen LogP contribution in [-0.2, 0) is 11.3 Å². The molecule has 4 nitrogen and oxygen atoms in total. The van der Waals surface area contributed by atoms with Gasteiger partial charge in [0.2, 0.25) is 5.78 Å². The van der Waals surface area contributed by atoms with Crippen LogP contribution in [0.1, 0.15) is 21.9 Å². The lowest BCUT2D eigenvalue weighted by molar-refractivity contribution is 0.1000. The molecule has 0 radical (unpaired) electrons. The molecule has 0 atom stereocenters. The molecule has 5 heteroatoms. The van der Waals surface area contributed by atoms with Gasteiger partial charge in [0.15, 0.2) is 5.76 Å². The van der Waals surface area contributed by atoms with Gasteiger partial charge in [-0.2, -0.15) is 0 Å². The molecule has 0 spiro atoms. The Balaban J connectivity index is 2.32. The van der Waals surface area contributed by atoms with Gasteiger partial charge in [0.05, 0.1) is 10.7 Å². The zero-order valence-corrected chi connectivity index (χ0v) is 10.5. The Morgan fingerprint density at radius 2 is 2.17 bits per heavy atom. The van der Waals surface area contributed by atoms with Crippen LogP contribution in [0.15, 0.2) is 34.7 Å². The molecule has 0 aliphatic carbocycles. The monoisotopic (exact) mass is 265 g/mol. The molecule has 0 unspecified atom stereocenters. The number of anilines is 1. The summed E-state index contributed by atoms with van der Waals surface area (Å²) in [4.78, 5) is 12.2. The third kappa shape index (κ3) is 2.39. The van der Waals surface area contributed by atoms with Gasteiger partial charge >= 0.3 is 0 Å². The summed E-state index contributed by atoms with van der Waals surface area (Å²) in [7, 11) is 1.55. The van der Waals surface area contributed by atoms with Gasteiger partial charge in [0.25, 0.3) is 0 Å². The fourth-order valence-electron chi connectivity index (χ4n) is 1.58. The number of methoxy groups -OCH3 is 1. The van der Waals surface area contributed by atoms with Crippen LogP contribution in [0.5, 0.6) is 0 Å². The summed E-state index contributed by atoms with van der Waals surface area (Å²) in [6.45, 7) is 0.317. The summed E-state index contributed by atoms with van der Waals surface area (Å²) < 4.78 is 10.3. The van der Waals surface area contributed by atoms with Crippen molar-refractivity contribution in [2.24, 2.45) is 0 Å². The van der Waals surface area contributed by atoms with E-state index < -0.39 is 0 Å². The van der Waals surface area contributed by atoms with E-state index >= 15 is 0 Å². The summed E-state index contributed by atoms with van der Waals surface area (Å²) in [5.74, 6) is 0.505. The third-order valence-electron chi connectivity index (χ3n) is 2.45. The quantitative estimate of drug-likeness (QED) is 0.682. The number of carbonyl (C=O) groups is 1. The Morgan fingerprint density at radius 3 is 2.89 bits per heavy atom. The minimum Gasteiger partial charge on any atom is -0.455 e. The first-order valence-electron chi connectivity index (χ1n) is 5.30. The Labute approximate surface area is 109 Å². The van der Waals surface area contributed by atoms with Crippen molar-refractivity contribution in [3.63, 3.8) is 0 Å². The molecule has 1 aromatic heterocycles. The van der Waals surface area contributed by atoms with E-state index in [4.69, 9.17) is 26.5 Å². The van der Waals surface area contributed by atoms with Gasteiger partial charge in [0.1, 0.15) is 12.4 Å². The van der Waals surface area contributed by atoms with Gasteiger partial charge in [-0.25, -0.2) is 0 Å². The molecule has 1 aromatic carbocycles. The molecular formula is C13H12ClNO3. The number of hydrogen-bond donors (Lipinski definition) is 1. The van der Waals surface area contributed by atoms with Crippen LogP contribution >= 0.6 is 11.6 Å². The molecule has 0 bridgehead atoms. The van der Waals surface area contributed by atoms with E-state index in [0.717, 1.165) is 0 Å². The van der Waals surface area contributed by atoms with Crippen molar-refractivity contribution in [1.82, 2.24) is 0 Å². The van der Waals surface area contributed by atoms with Crippen molar-refractivity contribution in [3.05, 3.63) is 52.4 Å². The normalized spacial score (nSPS) is 10.6. The minimum absolute atomic E-state index is 0.217. The van der Waals surface area contributed by atoms with Crippen LogP contribution in [0.4, 0.5) is 5.69 Å². The third-order valence-corrected chi connectivity index (χ3v) is 2.87. The van der Waals surface area contributed by atoms with E-state index in [1.165, 1.54) is 0 Å². The number of carbonyl (C=O) groups excluding carboxylic acids is 1. The molecule has 0 aliphatic rings. The standard InChI is InChI=1S/C13H12ClNO3/c1-17-7-8-5-6-11(18-8)13(16)9-3-2-4-10(15)12(9)14/h2-6H,7,15H2,1H3. The predicted molar refractivity (Wildman–Crippen MR) is 68.7 cm³/mol. The van der Waals surface area contributed by atoms with E-state index in [9.17, 15) is 4.79 Å². The van der Waals surface area contributed by atoms with Crippen molar-refractivity contribution < 1.29 is 13.9 Å². The smallest absolute Gasteiger partial charge is 0.229 e. The van der Waals surface area contributed by atoms with E-state index in [0.29, 0.717) is 23.6 Å². The summed E-state index contributed by atoms with van der Waals surface area (Å²) in [6, 6.07) is 8.21. The summed E-state index contributed by atoms with van der Waals surface area (Å²) >= 11 is 5.99. The molecule has 94 valence electrons. The average Bonchev–Trinajstić information content (AvgIpc) is 2.81. The highest BCUT2D eigenvalue weighted by Gasteiger charge is 2.17. The molecule has 0 saturated carbocycles. The number of halogens is 1. The molecule has 2 aromatic rings. The number of hydrogen-bond acceptors (Lipinski definition) is 4. The highest BCUT2D eigenvalue weighted by Crippen LogP contribution is 2.26. The Hall–Kier alpha value is -1.78. The van der Waals surface area contributed by atoms with E-state index in [1.54, 1.807) is 37.4 Å². The molecule has 2 N–H and O–H groups in total. The van der Waals surface area contributed by atoms with Crippen LogP contribution in [-0.4, -0.2) is 12.9 Å². The maximum absolute atomic E-state index is 12.2. The van der Waals surface area contributed by atoms with E-state index in [1.807, 2.05) is 0 Å². The second kappa shape index (κ2) is 5.25. The van der Waals surface area contributed by atoms with Crippen LogP contribution < -0.4 is 5.73 Å². The van der Waals surface area contributed by atoms with Gasteiger partial charge < -0.3 is 14.9 Å². The number of nitrogen functional groups attached to an aromatic ring is 1. The Bertz CT molecular complexity index is 577. The first-order valence-corrected chi connectivity index (χ1v) is 5.67. The van der Waals surface area contributed by atoms with Crippen LogP contribution in [0.2, 0.25) is 5.02 Å². The fraction of sp³-hybridized carbons (Fsp3) is 0.154. The first kappa shape index (κ1) is 12.7. The predicted octanol–water partition coefficient (Wildman–Crippen LogP) is 2.89. The summed E-state index contributed by atoms with van der Waals surface area (Å²) in [5, 5.41) is 0.243. The number of ether oxygens (including phenoxy) is 1. The van der Waals surface area contributed by atoms with Crippen molar-refractivity contribution in [1.29, 1.82) is 0 Å². The van der Waals surface area contributed by atoms with E-state index in [-0.39, 0.29) is 16.6 Å². The minimum atomic E-state index is -0.297. The molecule has 0 aliphatic heterocycles. The second-order valence-electron chi connectivity index (χ2n) is 3.74. The fourth-order valence-corrected chi connectivity index (χ4v) is 1.79. The second-order valence-corrected chi connectivity index (χ2v) is 4.11. The highest BCUT2D eigenvalue weighted by atomic mass is 35.5. The number of nitrogens with two attached hydrogens (primary N) is 1. The lowest BCUT2D eigenvalue weighted by Gasteiger charge is -2.03. The zero-order chi connectivity index (χ0) is 13.1. The molecule has 2 rings (SSSR count). The van der Waals surface area contributed by atoms with Crippen LogP contribution in [0.25, 0.3) is 0 Å². The number of rotatable bonds is 4. The molecule has 0 amide bonds. The summed E-state index contributed by atoms with van der Waals surface area (Å²) in [6.07, 6.45) is 0. The van der Waals surface area contributed by atoms with Gasteiger partial charge in [-0.05, 0) is 24.3 Å². The maximum Gasteiger partial charge on any atom is 0.229 e. The molecule has 0 fully saturated rings. The van der Waals surface area contributed by atoms with E-state index in [2.05, 4.69) is 0 Å². The lowest BCUT2D eigenvalue weighted by atomic mass is 10.1. The van der Waals surface area contributed by atoms with Gasteiger partial charge in [-0.3, -0.25) is 4.79 Å². The molecule has 0 saturated heterocycles. The van der Waals surface area contributed by atoms with Crippen molar-refractivity contribution in [3.8, 4) is 0 Å². The van der Waals surface area contributed by atoms with Crippen molar-refractivity contribution in [2.45, 2.75) is 6.61 Å². The Kier molecular flexibility index (Phi) is 3.69. The highest BCUT2D eigenvalue weighted by molar-refractivity contribution is 6.37. The molecule has 18 heavy (non-hydrogen) atoms. The van der Waals surface area contributed by atoms with Gasteiger partial charge in [-0.1, -0.05) is 17.7 Å². The summed E-state index contributed by atoms with van der Waals surface area (Å²) in [5.41, 5.74) is 6.35. The molecular weight excluding hydrogens is 254 g/mol. The topological polar surface area (TPSA) is 65.5 Å². The molecule has 1 heterocycles. The average molecular weight is 266 g/mol. The van der Waals surface area contributed by atoms with Gasteiger partial charge in [-0.15, -0.1) is 0 Å². The SMILES string of the molecule is COCc1ccc(C(=O)c2cccc(N)c2Cl)o1. The van der Waals surface area contributed by atoms with Crippen LogP contribution in [0.3, 0.4) is 0 Å². The first-order chi connectivity index (χ1) is 8.63. The largest absolute Gasteiger partial charge is 0.455 e. The van der Waals surface area contributed by atoms with Crippen molar-refractivity contribution in [2.75, 3.05) is 12.8 Å². The zero-order valence-electron chi connectivity index (χ0n) is 9.77. The number of ketones is 1. The number of benzene rings is 1. The Morgan fingerprint density at radius 1 is 1.39 bits per heavy atom. The van der Waals surface area contributed by atoms with Crippen molar-refractivity contribution >= 4 is 23.1 Å². The number of furan rings is 1. The van der Waals surface area contributed by atoms with Crippen LogP contribution in [0, 0.1) is 0 Å². The van der Waals surface area contributed by atoms with Gasteiger partial charge in [0, 0.05) is 12.7 Å².